The van der Waals surface area contributed by atoms with Gasteiger partial charge in [-0.3, -0.25) is 0 Å². The van der Waals surface area contributed by atoms with Gasteiger partial charge in [-0.15, -0.1) is 0 Å². The van der Waals surface area contributed by atoms with E-state index in [1.54, 1.807) is 12.1 Å². The van der Waals surface area contributed by atoms with Crippen LogP contribution in [0.3, 0.4) is 0 Å². The highest BCUT2D eigenvalue weighted by molar-refractivity contribution is 7.80. The molecular formula is C28H24F9NO2S. The highest BCUT2D eigenvalue weighted by Gasteiger charge is 2.37. The summed E-state index contributed by atoms with van der Waals surface area (Å²) in [6.45, 7) is 2.83. The van der Waals surface area contributed by atoms with Gasteiger partial charge in [0.1, 0.15) is 12.4 Å². The van der Waals surface area contributed by atoms with E-state index in [9.17, 15) is 39.5 Å². The Balaban J connectivity index is 1.88. The zero-order valence-electron chi connectivity index (χ0n) is 21.8. The molecular weight excluding hydrogens is 585 g/mol. The number of rotatable bonds is 7. The summed E-state index contributed by atoms with van der Waals surface area (Å²) in [7, 11) is 1.41. The molecule has 0 radical (unpaired) electrons. The number of nitrogens with one attached hydrogen (secondary N) is 1. The Morgan fingerprint density at radius 2 is 1.34 bits per heavy atom. The Kier molecular flexibility index (Phi) is 9.51. The van der Waals surface area contributed by atoms with Crippen molar-refractivity contribution >= 4 is 17.4 Å². The van der Waals surface area contributed by atoms with E-state index in [1.165, 1.54) is 13.2 Å². The maximum absolute atomic E-state index is 13.5. The zero-order chi connectivity index (χ0) is 30.8. The normalized spacial score (nSPS) is 12.4. The van der Waals surface area contributed by atoms with Crippen molar-refractivity contribution in [2.75, 3.05) is 7.11 Å². The number of benzene rings is 3. The van der Waals surface area contributed by atoms with Gasteiger partial charge in [0, 0.05) is 12.1 Å². The van der Waals surface area contributed by atoms with Gasteiger partial charge in [-0.25, -0.2) is 0 Å². The van der Waals surface area contributed by atoms with Gasteiger partial charge in [-0.05, 0) is 82.9 Å². The first-order valence-electron chi connectivity index (χ1n) is 12.0. The van der Waals surface area contributed by atoms with Crippen LogP contribution in [0.2, 0.25) is 0 Å². The lowest BCUT2D eigenvalue weighted by atomic mass is 9.92. The summed E-state index contributed by atoms with van der Waals surface area (Å²) < 4.78 is 130. The first-order chi connectivity index (χ1) is 18.9. The van der Waals surface area contributed by atoms with Crippen LogP contribution in [0.1, 0.15) is 53.1 Å². The monoisotopic (exact) mass is 609 g/mol. The van der Waals surface area contributed by atoms with Gasteiger partial charge in [-0.2, -0.15) is 39.5 Å². The molecule has 0 bridgehead atoms. The lowest BCUT2D eigenvalue weighted by Gasteiger charge is -2.19. The zero-order valence-corrected chi connectivity index (χ0v) is 22.6. The number of halogens is 9. The molecule has 3 nitrogen and oxygen atoms in total. The Hall–Kier alpha value is -3.48. The minimum Gasteiger partial charge on any atom is -0.496 e. The van der Waals surface area contributed by atoms with Crippen molar-refractivity contribution in [2.24, 2.45) is 0 Å². The van der Waals surface area contributed by atoms with Crippen LogP contribution < -0.4 is 10.1 Å². The molecule has 222 valence electrons. The number of thiocarbonyl (C=S) groups is 1. The standard InChI is InChI=1S/C28H24F9NO2S/c1-15(2)17-4-7-24(39-3)23(11-17)22-6-5-19(26(29,30)31)10-18(22)13-38-25(41)40-14-16-8-20(27(32,33)34)12-21(9-16)28(35,36)37/h4-12,15H,13-14H2,1-3H3,(H,38,41). The second kappa shape index (κ2) is 12.2. The third-order valence-electron chi connectivity index (χ3n) is 6.05. The molecule has 0 atom stereocenters. The number of alkyl halides is 9. The third-order valence-corrected chi connectivity index (χ3v) is 6.32. The van der Waals surface area contributed by atoms with Gasteiger partial charge in [0.15, 0.2) is 0 Å². The molecule has 0 aromatic heterocycles. The fraction of sp³-hybridized carbons (Fsp3) is 0.321. The smallest absolute Gasteiger partial charge is 0.416 e. The number of hydrogen-bond donors (Lipinski definition) is 1. The van der Waals surface area contributed by atoms with Crippen molar-refractivity contribution in [1.29, 1.82) is 0 Å². The molecule has 0 aliphatic rings. The molecule has 0 saturated heterocycles. The molecule has 0 amide bonds. The highest BCUT2D eigenvalue weighted by atomic mass is 32.1. The average molecular weight is 610 g/mol. The second-order valence-electron chi connectivity index (χ2n) is 9.33. The fourth-order valence-corrected chi connectivity index (χ4v) is 4.08. The van der Waals surface area contributed by atoms with Gasteiger partial charge in [0.05, 0.1) is 23.8 Å². The van der Waals surface area contributed by atoms with Crippen molar-refractivity contribution in [2.45, 2.75) is 51.4 Å². The van der Waals surface area contributed by atoms with Crippen LogP contribution in [0.25, 0.3) is 11.1 Å². The Morgan fingerprint density at radius 3 is 1.85 bits per heavy atom. The van der Waals surface area contributed by atoms with E-state index in [0.717, 1.165) is 17.7 Å². The number of methoxy groups -OCH3 is 1. The van der Waals surface area contributed by atoms with Crippen LogP contribution >= 0.6 is 12.2 Å². The summed E-state index contributed by atoms with van der Waals surface area (Å²) >= 11 is 5.01. The van der Waals surface area contributed by atoms with E-state index in [-0.39, 0.29) is 24.1 Å². The predicted molar refractivity (Wildman–Crippen MR) is 138 cm³/mol. The lowest BCUT2D eigenvalue weighted by Crippen LogP contribution is -2.24. The summed E-state index contributed by atoms with van der Waals surface area (Å²) in [5, 5.41) is 2.14. The quantitative estimate of drug-likeness (QED) is 0.214. The molecule has 3 aromatic carbocycles. The number of hydrogen-bond acceptors (Lipinski definition) is 3. The topological polar surface area (TPSA) is 30.5 Å². The van der Waals surface area contributed by atoms with Crippen LogP contribution in [-0.2, 0) is 36.4 Å². The molecule has 3 rings (SSSR count). The molecule has 0 saturated carbocycles. The summed E-state index contributed by atoms with van der Waals surface area (Å²) in [6.07, 6.45) is -14.7. The van der Waals surface area contributed by atoms with E-state index in [4.69, 9.17) is 21.7 Å². The molecule has 13 heteroatoms. The van der Waals surface area contributed by atoms with E-state index in [1.807, 2.05) is 19.9 Å². The van der Waals surface area contributed by atoms with Crippen molar-refractivity contribution in [3.8, 4) is 16.9 Å². The van der Waals surface area contributed by atoms with Crippen LogP contribution in [0.4, 0.5) is 39.5 Å². The Bertz CT molecular complexity index is 1360. The van der Waals surface area contributed by atoms with Crippen molar-refractivity contribution in [3.05, 3.63) is 88.0 Å². The molecule has 3 aromatic rings. The average Bonchev–Trinajstić information content (AvgIpc) is 2.88. The number of ether oxygens (including phenoxy) is 2. The molecule has 0 aliphatic heterocycles. The molecule has 1 N–H and O–H groups in total. The molecule has 0 unspecified atom stereocenters. The van der Waals surface area contributed by atoms with Gasteiger partial charge in [-0.1, -0.05) is 26.0 Å². The van der Waals surface area contributed by atoms with Crippen LogP contribution in [0.5, 0.6) is 5.75 Å². The van der Waals surface area contributed by atoms with Crippen LogP contribution in [0.15, 0.2) is 54.6 Å². The molecule has 0 heterocycles. The van der Waals surface area contributed by atoms with E-state index in [0.29, 0.717) is 29.0 Å². The third kappa shape index (κ3) is 8.27. The minimum absolute atomic E-state index is 0.0161. The maximum atomic E-state index is 13.5. The van der Waals surface area contributed by atoms with Crippen molar-refractivity contribution < 1.29 is 49.0 Å². The summed E-state index contributed by atoms with van der Waals surface area (Å²) in [4.78, 5) is 0. The van der Waals surface area contributed by atoms with Gasteiger partial charge in [0.2, 0.25) is 0 Å². The first-order valence-corrected chi connectivity index (χ1v) is 12.4. The second-order valence-corrected chi connectivity index (χ2v) is 9.70. The summed E-state index contributed by atoms with van der Waals surface area (Å²) in [5.41, 5.74) is -2.48. The SMILES string of the molecule is COc1ccc(C(C)C)cc1-c1ccc(C(F)(F)F)cc1CNC(=S)OCc1cc(C(F)(F)F)cc(C(F)(F)F)c1. The van der Waals surface area contributed by atoms with Crippen LogP contribution in [-0.4, -0.2) is 12.3 Å². The van der Waals surface area contributed by atoms with Gasteiger partial charge in [0.25, 0.3) is 5.17 Å². The maximum Gasteiger partial charge on any atom is 0.416 e. The van der Waals surface area contributed by atoms with Gasteiger partial charge >= 0.3 is 18.5 Å². The Labute approximate surface area is 235 Å². The van der Waals surface area contributed by atoms with Crippen molar-refractivity contribution in [1.82, 2.24) is 5.32 Å². The highest BCUT2D eigenvalue weighted by Crippen LogP contribution is 2.39. The molecule has 0 spiro atoms. The van der Waals surface area contributed by atoms with Crippen molar-refractivity contribution in [3.63, 3.8) is 0 Å². The summed E-state index contributed by atoms with van der Waals surface area (Å²) in [6, 6.07) is 9.40. The van der Waals surface area contributed by atoms with E-state index >= 15 is 0 Å². The van der Waals surface area contributed by atoms with E-state index < -0.39 is 52.6 Å². The summed E-state index contributed by atoms with van der Waals surface area (Å²) in [5.74, 6) is 0.504. The fourth-order valence-electron chi connectivity index (χ4n) is 3.94. The predicted octanol–water partition coefficient (Wildman–Crippen LogP) is 9.13. The Morgan fingerprint density at radius 1 is 0.756 bits per heavy atom. The molecule has 0 aliphatic carbocycles. The van der Waals surface area contributed by atoms with Crippen LogP contribution in [0, 0.1) is 0 Å². The lowest BCUT2D eigenvalue weighted by molar-refractivity contribution is -0.143. The molecule has 0 fully saturated rings. The molecule has 41 heavy (non-hydrogen) atoms. The van der Waals surface area contributed by atoms with E-state index in [2.05, 4.69) is 5.32 Å². The van der Waals surface area contributed by atoms with Gasteiger partial charge < -0.3 is 14.8 Å². The largest absolute Gasteiger partial charge is 0.496 e. The first kappa shape index (κ1) is 32.0. The minimum atomic E-state index is -5.04.